The lowest BCUT2D eigenvalue weighted by molar-refractivity contribution is -0.0340. The van der Waals surface area contributed by atoms with E-state index in [1.54, 1.807) is 6.07 Å². The number of carbonyl (C=O) groups excluding carboxylic acids is 1. The monoisotopic (exact) mass is 412 g/mol. The Morgan fingerprint density at radius 2 is 1.77 bits per heavy atom. The average Bonchev–Trinajstić information content (AvgIpc) is 2.76. The van der Waals surface area contributed by atoms with Gasteiger partial charge in [-0.3, -0.25) is 4.90 Å². The quantitative estimate of drug-likeness (QED) is 0.785. The Labute approximate surface area is 175 Å². The molecule has 0 aromatic heterocycles. The van der Waals surface area contributed by atoms with E-state index in [4.69, 9.17) is 4.74 Å². The van der Waals surface area contributed by atoms with Crippen LogP contribution in [0.25, 0.3) is 11.1 Å². The maximum Gasteiger partial charge on any atom is 0.407 e. The molecular weight excluding hydrogens is 386 g/mol. The Morgan fingerprint density at radius 3 is 2.50 bits per heavy atom. The molecule has 1 N–H and O–H groups in total. The number of piperidine rings is 3. The largest absolute Gasteiger partial charge is 0.445 e. The zero-order chi connectivity index (χ0) is 20.7. The highest BCUT2D eigenvalue weighted by Crippen LogP contribution is 2.34. The van der Waals surface area contributed by atoms with Crippen molar-refractivity contribution in [3.8, 4) is 11.1 Å². The molecule has 0 radical (unpaired) electrons. The van der Waals surface area contributed by atoms with E-state index < -0.39 is 11.6 Å². The summed E-state index contributed by atoms with van der Waals surface area (Å²) in [6.45, 7) is 3.07. The fourth-order valence-corrected chi connectivity index (χ4v) is 5.18. The van der Waals surface area contributed by atoms with Crippen molar-refractivity contribution in [1.29, 1.82) is 0 Å². The molecule has 1 unspecified atom stereocenters. The van der Waals surface area contributed by atoms with Crippen LogP contribution in [0.2, 0.25) is 0 Å². The molecule has 6 rings (SSSR count). The summed E-state index contributed by atoms with van der Waals surface area (Å²) in [6, 6.07) is 9.80. The van der Waals surface area contributed by atoms with Crippen LogP contribution in [0.3, 0.4) is 0 Å². The van der Waals surface area contributed by atoms with Crippen LogP contribution >= 0.6 is 0 Å². The Hall–Kier alpha value is -2.47. The first-order chi connectivity index (χ1) is 14.6. The number of carbonyl (C=O) groups is 1. The molecule has 158 valence electrons. The first kappa shape index (κ1) is 19.5. The summed E-state index contributed by atoms with van der Waals surface area (Å²) in [5.41, 5.74) is 3.71. The van der Waals surface area contributed by atoms with Gasteiger partial charge in [0.05, 0.1) is 6.04 Å². The number of halogens is 2. The highest BCUT2D eigenvalue weighted by molar-refractivity contribution is 5.69. The van der Waals surface area contributed by atoms with Crippen molar-refractivity contribution in [3.05, 3.63) is 59.2 Å². The summed E-state index contributed by atoms with van der Waals surface area (Å²) in [6.07, 6.45) is 4.60. The summed E-state index contributed by atoms with van der Waals surface area (Å²) < 4.78 is 32.7. The first-order valence-corrected chi connectivity index (χ1v) is 10.8. The van der Waals surface area contributed by atoms with Crippen LogP contribution in [0.4, 0.5) is 13.6 Å². The van der Waals surface area contributed by atoms with Crippen LogP contribution in [-0.4, -0.2) is 36.7 Å². The number of alkyl carbamates (subject to hydrolysis) is 1. The van der Waals surface area contributed by atoms with Crippen molar-refractivity contribution in [2.75, 3.05) is 19.6 Å². The van der Waals surface area contributed by atoms with Crippen LogP contribution in [0, 0.1) is 17.6 Å². The molecule has 0 spiro atoms. The van der Waals surface area contributed by atoms with Crippen molar-refractivity contribution >= 4 is 6.09 Å². The molecule has 2 atom stereocenters. The second kappa shape index (κ2) is 7.99. The van der Waals surface area contributed by atoms with Crippen LogP contribution in [0.5, 0.6) is 0 Å². The molecule has 2 aromatic carbocycles. The second-order valence-electron chi connectivity index (χ2n) is 8.71. The summed E-state index contributed by atoms with van der Waals surface area (Å²) in [7, 11) is 0. The number of ether oxygens (including phenoxy) is 1. The lowest BCUT2D eigenvalue weighted by atomic mass is 9.85. The molecule has 3 aliphatic heterocycles. The number of hydrogen-bond acceptors (Lipinski definition) is 3. The second-order valence-corrected chi connectivity index (χ2v) is 8.71. The van der Waals surface area contributed by atoms with E-state index in [1.165, 1.54) is 6.07 Å². The first-order valence-electron chi connectivity index (χ1n) is 10.8. The van der Waals surface area contributed by atoms with Gasteiger partial charge in [-0.2, -0.15) is 0 Å². The minimum Gasteiger partial charge on any atom is -0.445 e. The van der Waals surface area contributed by atoms with E-state index in [9.17, 15) is 13.6 Å². The van der Waals surface area contributed by atoms with Gasteiger partial charge in [0.2, 0.25) is 0 Å². The third-order valence-electron chi connectivity index (χ3n) is 6.86. The number of benzene rings is 2. The van der Waals surface area contributed by atoms with E-state index >= 15 is 0 Å². The van der Waals surface area contributed by atoms with Gasteiger partial charge in [0.15, 0.2) is 11.6 Å². The molecule has 1 aliphatic carbocycles. The van der Waals surface area contributed by atoms with E-state index in [2.05, 4.69) is 10.2 Å². The lowest BCUT2D eigenvalue weighted by Gasteiger charge is -2.44. The highest BCUT2D eigenvalue weighted by Gasteiger charge is 2.37. The molecule has 2 aromatic rings. The van der Waals surface area contributed by atoms with E-state index in [1.807, 2.05) is 18.2 Å². The molecule has 2 bridgehead atoms. The predicted molar refractivity (Wildman–Crippen MR) is 110 cm³/mol. The molecule has 1 amide bonds. The van der Waals surface area contributed by atoms with Crippen molar-refractivity contribution in [3.63, 3.8) is 0 Å². The molecule has 3 fully saturated rings. The van der Waals surface area contributed by atoms with E-state index in [0.29, 0.717) is 11.5 Å². The Balaban J connectivity index is 1.29. The maximum absolute atomic E-state index is 13.6. The predicted octanol–water partition coefficient (Wildman–Crippen LogP) is 4.83. The molecular formula is C24H26F2N2O2. The molecule has 3 heterocycles. The smallest absolute Gasteiger partial charge is 0.407 e. The number of aryl methyl sites for hydroxylation is 1. The minimum absolute atomic E-state index is 0.00805. The van der Waals surface area contributed by atoms with Gasteiger partial charge in [-0.1, -0.05) is 24.3 Å². The average molecular weight is 412 g/mol. The number of fused-ring (bicyclic) bond motifs is 4. The number of nitrogens with zero attached hydrogens (tertiary/aromatic N) is 1. The number of rotatable bonds is 3. The topological polar surface area (TPSA) is 41.6 Å². The lowest BCUT2D eigenvalue weighted by Crippen LogP contribution is -2.52. The standard InChI is InChI=1S/C24H26F2N2O2/c25-20-7-5-17(13-21(20)26)16-4-6-19-18(12-16)2-1-3-22(19)27-24(29)30-23-14-28-10-8-15(23)9-11-28/h4-7,12-13,15,22-23H,1-3,8-11,14H2,(H,27,29)/t22?,23-/m0/s1. The third kappa shape index (κ3) is 3.81. The molecule has 6 heteroatoms. The highest BCUT2D eigenvalue weighted by atomic mass is 19.2. The molecule has 0 saturated carbocycles. The van der Waals surface area contributed by atoms with Crippen LogP contribution in [-0.2, 0) is 11.2 Å². The Bertz CT molecular complexity index is 956. The molecule has 3 saturated heterocycles. The van der Waals surface area contributed by atoms with Gasteiger partial charge < -0.3 is 10.1 Å². The number of hydrogen-bond donors (Lipinski definition) is 1. The van der Waals surface area contributed by atoms with Crippen LogP contribution in [0.1, 0.15) is 42.9 Å². The minimum atomic E-state index is -0.847. The number of nitrogens with one attached hydrogen (secondary N) is 1. The molecule has 4 aliphatic rings. The van der Waals surface area contributed by atoms with Gasteiger partial charge in [0.25, 0.3) is 0 Å². The molecule has 30 heavy (non-hydrogen) atoms. The van der Waals surface area contributed by atoms with Gasteiger partial charge in [-0.15, -0.1) is 0 Å². The summed E-state index contributed by atoms with van der Waals surface area (Å²) in [5.74, 6) is -1.21. The number of amides is 1. The fraction of sp³-hybridized carbons (Fsp3) is 0.458. The van der Waals surface area contributed by atoms with E-state index in [0.717, 1.165) is 74.5 Å². The van der Waals surface area contributed by atoms with Crippen molar-refractivity contribution in [1.82, 2.24) is 10.2 Å². The third-order valence-corrected chi connectivity index (χ3v) is 6.86. The van der Waals surface area contributed by atoms with Gasteiger partial charge in [-0.25, -0.2) is 13.6 Å². The summed E-state index contributed by atoms with van der Waals surface area (Å²) in [5, 5.41) is 3.07. The molecule has 4 nitrogen and oxygen atoms in total. The normalized spacial score (nSPS) is 27.4. The Kier molecular flexibility index (Phi) is 5.19. The zero-order valence-corrected chi connectivity index (χ0v) is 16.9. The van der Waals surface area contributed by atoms with Crippen molar-refractivity contribution < 1.29 is 18.3 Å². The van der Waals surface area contributed by atoms with Gasteiger partial charge >= 0.3 is 6.09 Å². The van der Waals surface area contributed by atoms with Crippen LogP contribution in [0.15, 0.2) is 36.4 Å². The SMILES string of the molecule is O=C(NC1CCCc2cc(-c3ccc(F)c(F)c3)ccc21)O[C@H]1CN2CCC1CC2. The summed E-state index contributed by atoms with van der Waals surface area (Å²) >= 11 is 0. The van der Waals surface area contributed by atoms with Crippen molar-refractivity contribution in [2.45, 2.75) is 44.2 Å². The van der Waals surface area contributed by atoms with Gasteiger partial charge in [0, 0.05) is 6.54 Å². The maximum atomic E-state index is 13.6. The van der Waals surface area contributed by atoms with Crippen LogP contribution < -0.4 is 5.32 Å². The zero-order valence-electron chi connectivity index (χ0n) is 16.9. The van der Waals surface area contributed by atoms with E-state index in [-0.39, 0.29) is 18.2 Å². The van der Waals surface area contributed by atoms with Gasteiger partial charge in [0.1, 0.15) is 6.10 Å². The Morgan fingerprint density at radius 1 is 1.00 bits per heavy atom. The fourth-order valence-electron chi connectivity index (χ4n) is 5.18. The van der Waals surface area contributed by atoms with Gasteiger partial charge in [-0.05, 0) is 85.5 Å². The van der Waals surface area contributed by atoms with Crippen molar-refractivity contribution in [2.24, 2.45) is 5.92 Å². The summed E-state index contributed by atoms with van der Waals surface area (Å²) in [4.78, 5) is 15.0.